The van der Waals surface area contributed by atoms with E-state index in [9.17, 15) is 9.59 Å². The van der Waals surface area contributed by atoms with Crippen LogP contribution in [0.5, 0.6) is 0 Å². The Morgan fingerprint density at radius 1 is 1.06 bits per heavy atom. The first-order valence-corrected chi connectivity index (χ1v) is 11.5. The van der Waals surface area contributed by atoms with Gasteiger partial charge in [0, 0.05) is 31.2 Å². The van der Waals surface area contributed by atoms with Gasteiger partial charge in [0.15, 0.2) is 0 Å². The molecule has 0 aliphatic carbocycles. The van der Waals surface area contributed by atoms with Gasteiger partial charge in [0.1, 0.15) is 11.2 Å². The second-order valence-electron chi connectivity index (χ2n) is 9.30. The quantitative estimate of drug-likeness (QED) is 0.647. The van der Waals surface area contributed by atoms with Gasteiger partial charge in [-0.3, -0.25) is 9.59 Å². The van der Waals surface area contributed by atoms with Gasteiger partial charge in [0.05, 0.1) is 6.42 Å². The van der Waals surface area contributed by atoms with Gasteiger partial charge in [0.25, 0.3) is 0 Å². The molecule has 1 aliphatic rings. The monoisotopic (exact) mass is 432 g/mol. The molecule has 0 spiro atoms. The van der Waals surface area contributed by atoms with Crippen LogP contribution in [0.25, 0.3) is 5.65 Å². The van der Waals surface area contributed by atoms with Crippen LogP contribution in [-0.2, 0) is 22.4 Å². The van der Waals surface area contributed by atoms with Crippen molar-refractivity contribution in [2.24, 2.45) is 5.92 Å². The molecule has 6 nitrogen and oxygen atoms in total. The van der Waals surface area contributed by atoms with Gasteiger partial charge in [-0.15, -0.1) is 0 Å². The third-order valence-corrected chi connectivity index (χ3v) is 6.34. The van der Waals surface area contributed by atoms with Crippen molar-refractivity contribution in [1.29, 1.82) is 0 Å². The minimum atomic E-state index is -0.923. The maximum atomic E-state index is 13.3. The van der Waals surface area contributed by atoms with E-state index < -0.39 is 5.54 Å². The van der Waals surface area contributed by atoms with E-state index in [0.717, 1.165) is 50.0 Å². The summed E-state index contributed by atoms with van der Waals surface area (Å²) in [6.45, 7) is 5.07. The van der Waals surface area contributed by atoms with E-state index in [2.05, 4.69) is 26.8 Å². The Kier molecular flexibility index (Phi) is 6.58. The number of pyridine rings is 1. The lowest BCUT2D eigenvalue weighted by atomic mass is 9.95. The largest absolute Gasteiger partial charge is 0.342 e. The minimum absolute atomic E-state index is 0.00345. The van der Waals surface area contributed by atoms with E-state index in [1.165, 1.54) is 5.69 Å². The molecule has 1 aromatic carbocycles. The fourth-order valence-electron chi connectivity index (χ4n) is 4.66. The van der Waals surface area contributed by atoms with Crippen molar-refractivity contribution in [3.05, 3.63) is 72.2 Å². The standard InChI is InChI=1S/C26H32N4O2/c1-26(2,28-24(31)19-20-8-4-3-5-9-20)25(32)29-15-7-10-21(13-16-29)18-22-11-6-12-23-27-14-17-30(22)23/h3-6,8-9,11-12,14,17,21H,7,10,13,15-16,18-19H2,1-2H3,(H,28,31)/t21-/m1/s1. The molecule has 6 heteroatoms. The Hall–Kier alpha value is -3.15. The van der Waals surface area contributed by atoms with Crippen LogP contribution >= 0.6 is 0 Å². The summed E-state index contributed by atoms with van der Waals surface area (Å²) in [6, 6.07) is 15.8. The molecule has 3 aromatic rings. The predicted molar refractivity (Wildman–Crippen MR) is 125 cm³/mol. The minimum Gasteiger partial charge on any atom is -0.342 e. The number of nitrogens with one attached hydrogen (secondary N) is 1. The fourth-order valence-corrected chi connectivity index (χ4v) is 4.66. The van der Waals surface area contributed by atoms with E-state index in [0.29, 0.717) is 5.92 Å². The van der Waals surface area contributed by atoms with E-state index in [-0.39, 0.29) is 18.2 Å². The van der Waals surface area contributed by atoms with Crippen molar-refractivity contribution >= 4 is 17.5 Å². The van der Waals surface area contributed by atoms with Crippen LogP contribution in [0.2, 0.25) is 0 Å². The van der Waals surface area contributed by atoms with Crippen molar-refractivity contribution in [3.8, 4) is 0 Å². The summed E-state index contributed by atoms with van der Waals surface area (Å²) in [4.78, 5) is 32.1. The first-order valence-electron chi connectivity index (χ1n) is 11.5. The smallest absolute Gasteiger partial charge is 0.247 e. The molecule has 32 heavy (non-hydrogen) atoms. The van der Waals surface area contributed by atoms with Crippen LogP contribution in [0.15, 0.2) is 60.9 Å². The number of likely N-dealkylation sites (tertiary alicyclic amines) is 1. The Balaban J connectivity index is 1.34. The zero-order valence-corrected chi connectivity index (χ0v) is 19.0. The first-order chi connectivity index (χ1) is 15.4. The van der Waals surface area contributed by atoms with Crippen molar-refractivity contribution in [1.82, 2.24) is 19.6 Å². The van der Waals surface area contributed by atoms with Crippen molar-refractivity contribution < 1.29 is 9.59 Å². The van der Waals surface area contributed by atoms with Gasteiger partial charge >= 0.3 is 0 Å². The van der Waals surface area contributed by atoms with Crippen molar-refractivity contribution in [2.45, 2.75) is 51.5 Å². The summed E-state index contributed by atoms with van der Waals surface area (Å²) >= 11 is 0. The highest BCUT2D eigenvalue weighted by atomic mass is 16.2. The molecule has 1 aliphatic heterocycles. The molecule has 168 valence electrons. The Labute approximate surface area is 189 Å². The zero-order valence-electron chi connectivity index (χ0n) is 19.0. The summed E-state index contributed by atoms with van der Waals surface area (Å²) in [7, 11) is 0. The highest BCUT2D eigenvalue weighted by molar-refractivity contribution is 5.91. The molecule has 3 heterocycles. The van der Waals surface area contributed by atoms with Crippen LogP contribution < -0.4 is 5.32 Å². The number of hydrogen-bond acceptors (Lipinski definition) is 3. The van der Waals surface area contributed by atoms with Gasteiger partial charge in [-0.2, -0.15) is 0 Å². The third kappa shape index (κ3) is 5.18. The summed E-state index contributed by atoms with van der Waals surface area (Å²) in [6.07, 6.45) is 8.13. The second kappa shape index (κ2) is 9.55. The number of hydrogen-bond donors (Lipinski definition) is 1. The zero-order chi connectivity index (χ0) is 22.6. The topological polar surface area (TPSA) is 66.7 Å². The third-order valence-electron chi connectivity index (χ3n) is 6.34. The molecule has 1 atom stereocenters. The Morgan fingerprint density at radius 2 is 1.88 bits per heavy atom. The predicted octanol–water partition coefficient (Wildman–Crippen LogP) is 3.64. The van der Waals surface area contributed by atoms with E-state index in [4.69, 9.17) is 0 Å². The molecule has 1 fully saturated rings. The first kappa shape index (κ1) is 22.1. The van der Waals surface area contributed by atoms with Gasteiger partial charge in [-0.1, -0.05) is 36.4 Å². The molecule has 2 amide bonds. The molecule has 2 aromatic heterocycles. The van der Waals surface area contributed by atoms with Crippen LogP contribution in [0, 0.1) is 5.92 Å². The molecule has 0 saturated carbocycles. The number of amides is 2. The van der Waals surface area contributed by atoms with Gasteiger partial charge in [0.2, 0.25) is 11.8 Å². The van der Waals surface area contributed by atoms with Gasteiger partial charge < -0.3 is 14.6 Å². The molecule has 1 saturated heterocycles. The van der Waals surface area contributed by atoms with E-state index in [1.54, 1.807) is 13.8 Å². The highest BCUT2D eigenvalue weighted by Gasteiger charge is 2.34. The number of fused-ring (bicyclic) bond motifs is 1. The summed E-state index contributed by atoms with van der Waals surface area (Å²) in [5, 5.41) is 2.95. The van der Waals surface area contributed by atoms with Crippen molar-refractivity contribution in [2.75, 3.05) is 13.1 Å². The highest BCUT2D eigenvalue weighted by Crippen LogP contribution is 2.24. The number of aromatic nitrogens is 2. The molecule has 4 rings (SSSR count). The Morgan fingerprint density at radius 3 is 2.69 bits per heavy atom. The van der Waals surface area contributed by atoms with Crippen molar-refractivity contribution in [3.63, 3.8) is 0 Å². The molecular formula is C26H32N4O2. The van der Waals surface area contributed by atoms with E-state index >= 15 is 0 Å². The van der Waals surface area contributed by atoms with Gasteiger partial charge in [-0.05, 0) is 63.1 Å². The lowest BCUT2D eigenvalue weighted by Gasteiger charge is -2.32. The van der Waals surface area contributed by atoms with Crippen LogP contribution in [0.1, 0.15) is 44.4 Å². The average Bonchev–Trinajstić information content (AvgIpc) is 3.14. The van der Waals surface area contributed by atoms with Gasteiger partial charge in [-0.25, -0.2) is 4.98 Å². The number of rotatable bonds is 6. The summed E-state index contributed by atoms with van der Waals surface area (Å²) < 4.78 is 2.15. The lowest BCUT2D eigenvalue weighted by Crippen LogP contribution is -2.56. The molecule has 1 N–H and O–H groups in total. The van der Waals surface area contributed by atoms with E-state index in [1.807, 2.05) is 53.7 Å². The Bertz CT molecular complexity index is 1070. The summed E-state index contributed by atoms with van der Waals surface area (Å²) in [5.74, 6) is 0.392. The SMILES string of the molecule is CC(C)(NC(=O)Cc1ccccc1)C(=O)N1CCC[C@@H](Cc2cccc3nccn23)CC1. The molecule has 0 radical (unpaired) electrons. The maximum Gasteiger partial charge on any atom is 0.247 e. The number of carbonyl (C=O) groups excluding carboxylic acids is 2. The molecule has 0 unspecified atom stereocenters. The fraction of sp³-hybridized carbons (Fsp3) is 0.423. The van der Waals surface area contributed by atoms with Crippen LogP contribution in [0.4, 0.5) is 0 Å². The number of benzene rings is 1. The molecule has 0 bridgehead atoms. The summed E-state index contributed by atoms with van der Waals surface area (Å²) in [5.41, 5.74) is 2.26. The number of nitrogens with zero attached hydrogens (tertiary/aromatic N) is 3. The molecular weight excluding hydrogens is 400 g/mol. The number of imidazole rings is 1. The number of carbonyl (C=O) groups is 2. The average molecular weight is 433 g/mol. The van der Waals surface area contributed by atoms with Crippen LogP contribution in [0.3, 0.4) is 0 Å². The lowest BCUT2D eigenvalue weighted by molar-refractivity contribution is -0.140. The normalized spacial score (nSPS) is 17.2. The van der Waals surface area contributed by atoms with Crippen LogP contribution in [-0.4, -0.2) is 44.7 Å². The second-order valence-corrected chi connectivity index (χ2v) is 9.30. The maximum absolute atomic E-state index is 13.3.